The van der Waals surface area contributed by atoms with Crippen molar-refractivity contribution in [1.82, 2.24) is 4.31 Å². The number of fused-ring (bicyclic) bond motifs is 1. The lowest BCUT2D eigenvalue weighted by Crippen LogP contribution is -2.42. The Balaban J connectivity index is 1.46. The third-order valence-corrected chi connectivity index (χ3v) is 7.72. The highest BCUT2D eigenvalue weighted by Gasteiger charge is 2.44. The van der Waals surface area contributed by atoms with Gasteiger partial charge in [-0.2, -0.15) is 4.31 Å². The van der Waals surface area contributed by atoms with E-state index < -0.39 is 45.6 Å². The maximum absolute atomic E-state index is 13.3. The molecule has 1 aliphatic heterocycles. The number of anilines is 1. The van der Waals surface area contributed by atoms with Gasteiger partial charge in [0.1, 0.15) is 11.8 Å². The highest BCUT2D eigenvalue weighted by atomic mass is 32.2. The minimum absolute atomic E-state index is 0.00505. The molecule has 2 unspecified atom stereocenters. The number of ether oxygens (including phenoxy) is 2. The number of amides is 1. The minimum atomic E-state index is -4.17. The summed E-state index contributed by atoms with van der Waals surface area (Å²) in [5.41, 5.74) is -0.294. The van der Waals surface area contributed by atoms with E-state index in [2.05, 4.69) is 5.32 Å². The summed E-state index contributed by atoms with van der Waals surface area (Å²) in [7, 11) is -2.86. The number of sulfonamides is 1. The molecule has 3 aromatic rings. The van der Waals surface area contributed by atoms with Gasteiger partial charge in [0.2, 0.25) is 10.0 Å². The lowest BCUT2D eigenvalue weighted by atomic mass is 10.1. The van der Waals surface area contributed by atoms with Gasteiger partial charge < -0.3 is 19.9 Å². The SMILES string of the molecule is COc1ccc([N+](=O)[O-])cc1NC(=O)COC(=O)C1CC(O)CN1S(=O)(=O)c1ccc2ccccc2c1. The summed E-state index contributed by atoms with van der Waals surface area (Å²) in [5, 5.41) is 25.1. The van der Waals surface area contributed by atoms with E-state index >= 15 is 0 Å². The first-order chi connectivity index (χ1) is 17.6. The molecule has 1 amide bonds. The average Bonchev–Trinajstić information content (AvgIpc) is 3.29. The van der Waals surface area contributed by atoms with Crippen molar-refractivity contribution in [3.05, 3.63) is 70.8 Å². The lowest BCUT2D eigenvalue weighted by molar-refractivity contribution is -0.384. The summed E-state index contributed by atoms with van der Waals surface area (Å²) < 4.78 is 37.7. The van der Waals surface area contributed by atoms with Gasteiger partial charge >= 0.3 is 5.97 Å². The predicted octanol–water partition coefficient (Wildman–Crippen LogP) is 2.06. The maximum Gasteiger partial charge on any atom is 0.325 e. The quantitative estimate of drug-likeness (QED) is 0.252. The highest BCUT2D eigenvalue weighted by molar-refractivity contribution is 7.89. The van der Waals surface area contributed by atoms with Gasteiger partial charge in [0.05, 0.1) is 28.7 Å². The number of methoxy groups -OCH3 is 1. The molecule has 3 aromatic carbocycles. The molecule has 4 rings (SSSR count). The zero-order valence-electron chi connectivity index (χ0n) is 19.6. The van der Waals surface area contributed by atoms with Gasteiger partial charge in [-0.05, 0) is 29.0 Å². The molecule has 13 heteroatoms. The molecular formula is C24H23N3O9S. The number of hydrogen-bond acceptors (Lipinski definition) is 9. The number of carbonyl (C=O) groups excluding carboxylic acids is 2. The Morgan fingerprint density at radius 2 is 1.86 bits per heavy atom. The molecule has 1 fully saturated rings. The molecule has 1 heterocycles. The fraction of sp³-hybridized carbons (Fsp3) is 0.250. The van der Waals surface area contributed by atoms with Crippen LogP contribution in [-0.4, -0.2) is 67.0 Å². The topological polar surface area (TPSA) is 165 Å². The van der Waals surface area contributed by atoms with E-state index in [-0.39, 0.29) is 35.0 Å². The first-order valence-corrected chi connectivity index (χ1v) is 12.5. The zero-order valence-corrected chi connectivity index (χ0v) is 20.4. The first-order valence-electron chi connectivity index (χ1n) is 11.1. The van der Waals surface area contributed by atoms with E-state index in [0.29, 0.717) is 5.39 Å². The molecule has 1 saturated heterocycles. The molecule has 0 saturated carbocycles. The Kier molecular flexibility index (Phi) is 7.38. The van der Waals surface area contributed by atoms with Crippen molar-refractivity contribution in [3.63, 3.8) is 0 Å². The Morgan fingerprint density at radius 1 is 1.14 bits per heavy atom. The number of nitro groups is 1. The molecule has 194 valence electrons. The molecule has 2 N–H and O–H groups in total. The van der Waals surface area contributed by atoms with E-state index in [9.17, 15) is 33.2 Å². The molecule has 37 heavy (non-hydrogen) atoms. The van der Waals surface area contributed by atoms with Crippen LogP contribution in [0.15, 0.2) is 65.6 Å². The number of rotatable bonds is 8. The number of hydrogen-bond donors (Lipinski definition) is 2. The van der Waals surface area contributed by atoms with Crippen LogP contribution in [0.4, 0.5) is 11.4 Å². The number of nitrogens with one attached hydrogen (secondary N) is 1. The van der Waals surface area contributed by atoms with Gasteiger partial charge in [0.25, 0.3) is 11.6 Å². The van der Waals surface area contributed by atoms with Gasteiger partial charge in [-0.1, -0.05) is 30.3 Å². The summed E-state index contributed by atoms with van der Waals surface area (Å²) in [5.74, 6) is -1.69. The third kappa shape index (κ3) is 5.53. The van der Waals surface area contributed by atoms with E-state index in [4.69, 9.17) is 9.47 Å². The standard InChI is InChI=1S/C24H23N3O9S/c1-35-22-9-7-17(27(31)32)11-20(22)25-23(29)14-36-24(30)21-12-18(28)13-26(21)37(33,34)19-8-6-15-4-2-3-5-16(15)10-19/h2-11,18,21,28H,12-14H2,1H3,(H,25,29). The maximum atomic E-state index is 13.3. The number of esters is 1. The Hall–Kier alpha value is -4.07. The van der Waals surface area contributed by atoms with Crippen LogP contribution in [0.3, 0.4) is 0 Å². The number of aliphatic hydroxyl groups is 1. The summed E-state index contributed by atoms with van der Waals surface area (Å²) in [4.78, 5) is 35.5. The van der Waals surface area contributed by atoms with Gasteiger partial charge in [-0.3, -0.25) is 19.7 Å². The second kappa shape index (κ2) is 10.5. The van der Waals surface area contributed by atoms with Crippen LogP contribution >= 0.6 is 0 Å². The summed E-state index contributed by atoms with van der Waals surface area (Å²) >= 11 is 0. The van der Waals surface area contributed by atoms with Crippen LogP contribution in [-0.2, 0) is 24.3 Å². The van der Waals surface area contributed by atoms with Crippen molar-refractivity contribution < 1.29 is 37.5 Å². The predicted molar refractivity (Wildman–Crippen MR) is 131 cm³/mol. The van der Waals surface area contributed by atoms with E-state index in [0.717, 1.165) is 15.8 Å². The Morgan fingerprint density at radius 3 is 2.57 bits per heavy atom. The molecule has 1 aliphatic rings. The number of β-amino-alcohol motifs (C(OH)–C–C–N with tert-alkyl or cyclic N) is 1. The summed E-state index contributed by atoms with van der Waals surface area (Å²) in [6.07, 6.45) is -1.30. The van der Waals surface area contributed by atoms with Crippen molar-refractivity contribution in [2.24, 2.45) is 0 Å². The highest BCUT2D eigenvalue weighted by Crippen LogP contribution is 2.30. The summed E-state index contributed by atoms with van der Waals surface area (Å²) in [6.45, 7) is -1.10. The van der Waals surface area contributed by atoms with Gasteiger partial charge in [0.15, 0.2) is 6.61 Å². The monoisotopic (exact) mass is 529 g/mol. The van der Waals surface area contributed by atoms with E-state index in [1.165, 1.54) is 31.4 Å². The van der Waals surface area contributed by atoms with Gasteiger partial charge in [-0.15, -0.1) is 0 Å². The van der Waals surface area contributed by atoms with Crippen LogP contribution in [0.25, 0.3) is 10.8 Å². The Labute approximate surface area is 211 Å². The fourth-order valence-corrected chi connectivity index (χ4v) is 5.72. The van der Waals surface area contributed by atoms with Crippen molar-refractivity contribution in [2.75, 3.05) is 25.6 Å². The van der Waals surface area contributed by atoms with Crippen LogP contribution in [0.5, 0.6) is 5.75 Å². The lowest BCUT2D eigenvalue weighted by Gasteiger charge is -2.22. The first kappa shape index (κ1) is 26.0. The second-order valence-corrected chi connectivity index (χ2v) is 10.2. The van der Waals surface area contributed by atoms with E-state index in [1.807, 2.05) is 12.1 Å². The number of nitrogens with zero attached hydrogens (tertiary/aromatic N) is 2. The fourth-order valence-electron chi connectivity index (χ4n) is 4.05. The Bertz CT molecular complexity index is 1480. The van der Waals surface area contributed by atoms with Gasteiger partial charge in [-0.25, -0.2) is 8.42 Å². The zero-order chi connectivity index (χ0) is 26.7. The van der Waals surface area contributed by atoms with Crippen LogP contribution in [0.2, 0.25) is 0 Å². The molecular weight excluding hydrogens is 506 g/mol. The molecule has 0 aromatic heterocycles. The normalized spacial score (nSPS) is 17.9. The largest absolute Gasteiger partial charge is 0.495 e. The third-order valence-electron chi connectivity index (χ3n) is 5.85. The van der Waals surface area contributed by atoms with Crippen LogP contribution in [0.1, 0.15) is 6.42 Å². The molecule has 0 spiro atoms. The number of carbonyl (C=O) groups is 2. The molecule has 0 bridgehead atoms. The van der Waals surface area contributed by atoms with Crippen molar-refractivity contribution >= 4 is 44.0 Å². The molecule has 0 radical (unpaired) electrons. The molecule has 0 aliphatic carbocycles. The number of benzene rings is 3. The van der Waals surface area contributed by atoms with Gasteiger partial charge in [0, 0.05) is 25.1 Å². The minimum Gasteiger partial charge on any atom is -0.495 e. The average molecular weight is 530 g/mol. The van der Waals surface area contributed by atoms with Crippen molar-refractivity contribution in [3.8, 4) is 5.75 Å². The smallest absolute Gasteiger partial charge is 0.325 e. The van der Waals surface area contributed by atoms with Crippen LogP contribution < -0.4 is 10.1 Å². The summed E-state index contributed by atoms with van der Waals surface area (Å²) in [6, 6.07) is 14.0. The number of non-ortho nitro benzene ring substituents is 1. The number of aliphatic hydroxyl groups excluding tert-OH is 1. The molecule has 2 atom stereocenters. The molecule has 12 nitrogen and oxygen atoms in total. The van der Waals surface area contributed by atoms with E-state index in [1.54, 1.807) is 18.2 Å². The number of nitro benzene ring substituents is 1. The van der Waals surface area contributed by atoms with Crippen LogP contribution in [0, 0.1) is 10.1 Å². The second-order valence-electron chi connectivity index (χ2n) is 8.29. The van der Waals surface area contributed by atoms with Crippen molar-refractivity contribution in [1.29, 1.82) is 0 Å². The van der Waals surface area contributed by atoms with Crippen molar-refractivity contribution in [2.45, 2.75) is 23.5 Å².